The summed E-state index contributed by atoms with van der Waals surface area (Å²) >= 11 is 0. The van der Waals surface area contributed by atoms with Crippen molar-refractivity contribution in [3.8, 4) is 11.5 Å². The predicted octanol–water partition coefficient (Wildman–Crippen LogP) is 0.929. The van der Waals surface area contributed by atoms with Gasteiger partial charge in [0.25, 0.3) is 0 Å². The summed E-state index contributed by atoms with van der Waals surface area (Å²) in [7, 11) is 0. The smallest absolute Gasteiger partial charge is 0.211 e. The van der Waals surface area contributed by atoms with Crippen LogP contribution in [0.25, 0.3) is 0 Å². The molecule has 2 rings (SSSR count). The summed E-state index contributed by atoms with van der Waals surface area (Å²) in [6.45, 7) is 1.40. The molecular formula is C14H16N2O2+2. The predicted molar refractivity (Wildman–Crippen MR) is 65.7 cm³/mol. The minimum Gasteiger partial charge on any atom is -0.503 e. The highest BCUT2D eigenvalue weighted by atomic mass is 16.3. The average molecular weight is 244 g/mol. The van der Waals surface area contributed by atoms with E-state index in [0.29, 0.717) is 13.1 Å². The van der Waals surface area contributed by atoms with E-state index in [1.54, 1.807) is 36.7 Å². The Hall–Kier alpha value is -2.36. The van der Waals surface area contributed by atoms with Crippen molar-refractivity contribution in [2.75, 3.05) is 0 Å². The zero-order valence-electron chi connectivity index (χ0n) is 9.98. The molecule has 2 heterocycles. The quantitative estimate of drug-likeness (QED) is 0.621. The lowest BCUT2D eigenvalue weighted by Crippen LogP contribution is -2.33. The third kappa shape index (κ3) is 3.59. The van der Waals surface area contributed by atoms with Gasteiger partial charge in [-0.25, -0.2) is 0 Å². The highest BCUT2D eigenvalue weighted by Crippen LogP contribution is 2.01. The van der Waals surface area contributed by atoms with Gasteiger partial charge in [-0.2, -0.15) is 9.13 Å². The second kappa shape index (κ2) is 5.82. The molecule has 0 aliphatic carbocycles. The summed E-state index contributed by atoms with van der Waals surface area (Å²) in [6, 6.07) is 6.88. The Morgan fingerprint density at radius 2 is 1.28 bits per heavy atom. The van der Waals surface area contributed by atoms with Gasteiger partial charge in [-0.05, 0) is 24.3 Å². The van der Waals surface area contributed by atoms with Crippen molar-refractivity contribution in [3.63, 3.8) is 0 Å². The van der Waals surface area contributed by atoms with Crippen LogP contribution in [0, 0.1) is 0 Å². The van der Waals surface area contributed by atoms with Gasteiger partial charge in [0.2, 0.25) is 12.4 Å². The normalized spacial score (nSPS) is 10.9. The van der Waals surface area contributed by atoms with Gasteiger partial charge in [0, 0.05) is 12.1 Å². The van der Waals surface area contributed by atoms with Crippen LogP contribution in [-0.2, 0) is 13.1 Å². The molecular weight excluding hydrogens is 228 g/mol. The lowest BCUT2D eigenvalue weighted by molar-refractivity contribution is -0.691. The Balaban J connectivity index is 1.89. The van der Waals surface area contributed by atoms with Crippen LogP contribution in [0.5, 0.6) is 11.5 Å². The molecule has 0 aromatic carbocycles. The Morgan fingerprint density at radius 3 is 1.67 bits per heavy atom. The highest BCUT2D eigenvalue weighted by Gasteiger charge is 2.00. The molecule has 4 nitrogen and oxygen atoms in total. The van der Waals surface area contributed by atoms with Crippen molar-refractivity contribution in [1.82, 2.24) is 0 Å². The summed E-state index contributed by atoms with van der Waals surface area (Å²) in [4.78, 5) is 0. The van der Waals surface area contributed by atoms with Crippen LogP contribution in [0.15, 0.2) is 61.2 Å². The zero-order chi connectivity index (χ0) is 12.8. The second-order valence-electron chi connectivity index (χ2n) is 3.99. The lowest BCUT2D eigenvalue weighted by atomic mass is 10.4. The Bertz CT molecular complexity index is 503. The molecule has 2 aromatic heterocycles. The van der Waals surface area contributed by atoms with Crippen molar-refractivity contribution in [3.05, 3.63) is 61.2 Å². The fourth-order valence-corrected chi connectivity index (χ4v) is 1.64. The van der Waals surface area contributed by atoms with E-state index in [1.165, 1.54) is 0 Å². The van der Waals surface area contributed by atoms with E-state index in [9.17, 15) is 10.2 Å². The third-order valence-electron chi connectivity index (χ3n) is 2.48. The molecule has 0 unspecified atom stereocenters. The van der Waals surface area contributed by atoms with Gasteiger partial charge in [0.05, 0.1) is 0 Å². The molecule has 0 aliphatic rings. The van der Waals surface area contributed by atoms with Gasteiger partial charge < -0.3 is 10.2 Å². The number of rotatable bonds is 4. The van der Waals surface area contributed by atoms with Crippen molar-refractivity contribution in [2.45, 2.75) is 13.1 Å². The maximum atomic E-state index is 9.30. The third-order valence-corrected chi connectivity index (χ3v) is 2.48. The van der Waals surface area contributed by atoms with Crippen LogP contribution in [0.3, 0.4) is 0 Å². The van der Waals surface area contributed by atoms with Gasteiger partial charge in [-0.3, -0.25) is 0 Å². The number of hydrogen-bond donors (Lipinski definition) is 2. The van der Waals surface area contributed by atoms with Crippen molar-refractivity contribution in [2.24, 2.45) is 0 Å². The maximum absolute atomic E-state index is 9.30. The van der Waals surface area contributed by atoms with Crippen LogP contribution in [0.4, 0.5) is 0 Å². The summed E-state index contributed by atoms with van der Waals surface area (Å²) in [5, 5.41) is 18.6. The standard InChI is InChI=1S/C14H14N2O2/c17-13-5-3-9-15(11-13)7-1-2-8-16-10-4-6-14(18)12-16/h1-6,9-12H,7-8H2/p+2/b2-1-. The van der Waals surface area contributed by atoms with E-state index in [0.717, 1.165) is 0 Å². The van der Waals surface area contributed by atoms with Crippen LogP contribution in [0.1, 0.15) is 0 Å². The second-order valence-corrected chi connectivity index (χ2v) is 3.99. The Kier molecular flexibility index (Phi) is 3.91. The number of nitrogens with zero attached hydrogens (tertiary/aromatic N) is 2. The number of pyridine rings is 2. The SMILES string of the molecule is Oc1ccc[n+](C/C=C\C[n+]2cccc(O)c2)c1. The monoisotopic (exact) mass is 244 g/mol. The number of aromatic nitrogens is 2. The van der Waals surface area contributed by atoms with Crippen molar-refractivity contribution >= 4 is 0 Å². The first-order valence-corrected chi connectivity index (χ1v) is 5.75. The molecule has 0 fully saturated rings. The number of hydrogen-bond acceptors (Lipinski definition) is 2. The summed E-state index contributed by atoms with van der Waals surface area (Å²) in [6.07, 6.45) is 11.2. The van der Waals surface area contributed by atoms with E-state index in [2.05, 4.69) is 0 Å². The zero-order valence-corrected chi connectivity index (χ0v) is 9.98. The van der Waals surface area contributed by atoms with E-state index < -0.39 is 0 Å². The van der Waals surface area contributed by atoms with Crippen LogP contribution in [-0.4, -0.2) is 10.2 Å². The molecule has 92 valence electrons. The first-order valence-electron chi connectivity index (χ1n) is 5.75. The van der Waals surface area contributed by atoms with Crippen LogP contribution < -0.4 is 9.13 Å². The number of aromatic hydroxyl groups is 2. The Morgan fingerprint density at radius 1 is 0.833 bits per heavy atom. The van der Waals surface area contributed by atoms with Crippen LogP contribution in [0.2, 0.25) is 0 Å². The molecule has 4 heteroatoms. The minimum atomic E-state index is 0.258. The summed E-state index contributed by atoms with van der Waals surface area (Å²) in [5.74, 6) is 0.515. The molecule has 0 aliphatic heterocycles. The van der Waals surface area contributed by atoms with Gasteiger partial charge >= 0.3 is 0 Å². The molecule has 18 heavy (non-hydrogen) atoms. The van der Waals surface area contributed by atoms with Crippen molar-refractivity contribution in [1.29, 1.82) is 0 Å². The molecule has 0 atom stereocenters. The van der Waals surface area contributed by atoms with E-state index in [-0.39, 0.29) is 11.5 Å². The molecule has 0 saturated heterocycles. The first-order chi connectivity index (χ1) is 8.74. The average Bonchev–Trinajstić information content (AvgIpc) is 2.35. The van der Waals surface area contributed by atoms with E-state index in [1.807, 2.05) is 33.7 Å². The summed E-state index contributed by atoms with van der Waals surface area (Å²) in [5.41, 5.74) is 0. The van der Waals surface area contributed by atoms with E-state index in [4.69, 9.17) is 0 Å². The topological polar surface area (TPSA) is 48.2 Å². The lowest BCUT2D eigenvalue weighted by Gasteiger charge is -1.93. The molecule has 2 aromatic rings. The highest BCUT2D eigenvalue weighted by molar-refractivity contribution is 5.10. The summed E-state index contributed by atoms with van der Waals surface area (Å²) < 4.78 is 3.78. The Labute approximate surface area is 106 Å². The van der Waals surface area contributed by atoms with Gasteiger partial charge in [0.1, 0.15) is 0 Å². The van der Waals surface area contributed by atoms with Gasteiger partial charge in [-0.1, -0.05) is 0 Å². The van der Waals surface area contributed by atoms with Gasteiger partial charge in [-0.15, -0.1) is 0 Å². The molecule has 0 spiro atoms. The van der Waals surface area contributed by atoms with Gasteiger partial charge in [0.15, 0.2) is 37.0 Å². The van der Waals surface area contributed by atoms with Crippen LogP contribution >= 0.6 is 0 Å². The minimum absolute atomic E-state index is 0.258. The largest absolute Gasteiger partial charge is 0.503 e. The molecule has 0 amide bonds. The van der Waals surface area contributed by atoms with Crippen molar-refractivity contribution < 1.29 is 19.3 Å². The molecule has 0 bridgehead atoms. The van der Waals surface area contributed by atoms with E-state index >= 15 is 0 Å². The fourth-order valence-electron chi connectivity index (χ4n) is 1.64. The molecule has 0 radical (unpaired) electrons. The first kappa shape index (κ1) is 12.1. The molecule has 0 saturated carbocycles. The fraction of sp³-hybridized carbons (Fsp3) is 0.143. The molecule has 2 N–H and O–H groups in total. The number of allylic oxidation sites excluding steroid dienone is 2. The maximum Gasteiger partial charge on any atom is 0.211 e.